The molecule has 34 valence electrons. The maximum Gasteiger partial charge on any atom is 1.00 e. The summed E-state index contributed by atoms with van der Waals surface area (Å²) in [5.74, 6) is 0. The van der Waals surface area contributed by atoms with Gasteiger partial charge in [0.15, 0.2) is 0 Å². The summed E-state index contributed by atoms with van der Waals surface area (Å²) in [6.45, 7) is 2.25. The van der Waals surface area contributed by atoms with Crippen LogP contribution in [0, 0.1) is 0 Å². The van der Waals surface area contributed by atoms with Gasteiger partial charge in [-0.05, 0) is 6.42 Å². The Bertz CT molecular complexity index is 12.8. The molecule has 0 aliphatic rings. The first-order valence-electron chi connectivity index (χ1n) is 1.52. The average molecular weight is 210 g/mol. The third-order valence-corrected chi connectivity index (χ3v) is 0.224. The average Bonchev–Trinajstić information content (AvgIpc) is 1.37. The molecule has 0 bridgehead atoms. The van der Waals surface area contributed by atoms with Crippen LogP contribution in [0.4, 0.5) is 0 Å². The van der Waals surface area contributed by atoms with E-state index in [4.69, 9.17) is 5.11 Å². The van der Waals surface area contributed by atoms with Crippen molar-refractivity contribution in [1.29, 1.82) is 0 Å². The molecule has 0 aromatic carbocycles. The first-order valence-corrected chi connectivity index (χ1v) is 1.52. The van der Waals surface area contributed by atoms with Gasteiger partial charge in [0.05, 0.1) is 0 Å². The molecule has 0 aromatic heterocycles. The van der Waals surface area contributed by atoms with Gasteiger partial charge in [0.25, 0.3) is 0 Å². The van der Waals surface area contributed by atoms with Crippen LogP contribution in [0.1, 0.15) is 13.3 Å². The Morgan fingerprint density at radius 3 is 1.67 bits per heavy atom. The van der Waals surface area contributed by atoms with E-state index in [1.54, 1.807) is 0 Å². The zero-order chi connectivity index (χ0) is 3.41. The van der Waals surface area contributed by atoms with Crippen molar-refractivity contribution in [1.82, 2.24) is 0 Å². The van der Waals surface area contributed by atoms with Crippen LogP contribution in [-0.2, 0) is 0 Å². The fourth-order valence-corrected chi connectivity index (χ4v) is 0. The number of aliphatic hydroxyl groups excluding tert-OH is 1. The molecule has 0 atom stereocenters. The minimum Gasteiger partial charge on any atom is -1.00 e. The molecule has 3 heteroatoms. The molecule has 0 saturated carbocycles. The van der Waals surface area contributed by atoms with E-state index in [1.807, 2.05) is 6.92 Å². The van der Waals surface area contributed by atoms with Gasteiger partial charge in [-0.15, -0.1) is 0 Å². The van der Waals surface area contributed by atoms with Crippen molar-refractivity contribution < 1.29 is 58.6 Å². The van der Waals surface area contributed by atoms with Crippen molar-refractivity contribution in [3.05, 3.63) is 0 Å². The van der Waals surface area contributed by atoms with Crippen LogP contribution in [0.2, 0.25) is 0 Å². The molecule has 0 saturated heterocycles. The molecule has 0 amide bonds. The molecular formula is C3H8INaO. The second-order valence-corrected chi connectivity index (χ2v) is 0.724. The monoisotopic (exact) mass is 210 g/mol. The summed E-state index contributed by atoms with van der Waals surface area (Å²) >= 11 is 0. The zero-order valence-corrected chi connectivity index (χ0v) is 8.40. The molecule has 0 heterocycles. The smallest absolute Gasteiger partial charge is 1.00 e. The molecule has 6 heavy (non-hydrogen) atoms. The Balaban J connectivity index is -0.0000000450. The summed E-state index contributed by atoms with van der Waals surface area (Å²) in [6, 6.07) is 0. The predicted octanol–water partition coefficient (Wildman–Crippen LogP) is -5.60. The van der Waals surface area contributed by atoms with Crippen LogP contribution < -0.4 is 53.5 Å². The first-order chi connectivity index (χ1) is 1.91. The summed E-state index contributed by atoms with van der Waals surface area (Å²) in [7, 11) is 0. The standard InChI is InChI=1S/C3H8O.HI.Na/c1-2-3-4;;/h4H,2-3H2,1H3;1H;/q;;+1/p-1. The molecule has 0 fully saturated rings. The third-order valence-electron chi connectivity index (χ3n) is 0.224. The Kier molecular flexibility index (Phi) is 41.5. The molecule has 1 nitrogen and oxygen atoms in total. The number of hydrogen-bond acceptors (Lipinski definition) is 1. The molecule has 0 unspecified atom stereocenters. The molecule has 0 rings (SSSR count). The second kappa shape index (κ2) is 15.9. The number of hydrogen-bond donors (Lipinski definition) is 1. The summed E-state index contributed by atoms with van der Waals surface area (Å²) < 4.78 is 0. The van der Waals surface area contributed by atoms with Gasteiger partial charge in [0.2, 0.25) is 0 Å². The van der Waals surface area contributed by atoms with Gasteiger partial charge in [-0.3, -0.25) is 0 Å². The van der Waals surface area contributed by atoms with E-state index in [-0.39, 0.29) is 53.5 Å². The van der Waals surface area contributed by atoms with Gasteiger partial charge >= 0.3 is 29.6 Å². The van der Waals surface area contributed by atoms with Gasteiger partial charge in [-0.25, -0.2) is 0 Å². The number of aliphatic hydroxyl groups is 1. The van der Waals surface area contributed by atoms with Crippen molar-refractivity contribution in [2.45, 2.75) is 13.3 Å². The zero-order valence-electron chi connectivity index (χ0n) is 4.24. The normalized spacial score (nSPS) is 5.00. The minimum absolute atomic E-state index is 0. The van der Waals surface area contributed by atoms with Crippen molar-refractivity contribution >= 4 is 0 Å². The van der Waals surface area contributed by atoms with Crippen molar-refractivity contribution in [3.63, 3.8) is 0 Å². The Hall–Kier alpha value is 1.69. The maximum atomic E-state index is 7.88. The largest absolute Gasteiger partial charge is 1.00 e. The topological polar surface area (TPSA) is 20.2 Å². The quantitative estimate of drug-likeness (QED) is 0.338. The predicted molar refractivity (Wildman–Crippen MR) is 17.4 cm³/mol. The molecule has 0 aromatic rings. The van der Waals surface area contributed by atoms with Gasteiger partial charge in [0, 0.05) is 6.61 Å². The summed E-state index contributed by atoms with van der Waals surface area (Å²) in [5.41, 5.74) is 0. The van der Waals surface area contributed by atoms with Gasteiger partial charge < -0.3 is 29.1 Å². The van der Waals surface area contributed by atoms with Crippen molar-refractivity contribution in [3.8, 4) is 0 Å². The van der Waals surface area contributed by atoms with E-state index >= 15 is 0 Å². The van der Waals surface area contributed by atoms with Crippen LogP contribution in [0.15, 0.2) is 0 Å². The summed E-state index contributed by atoms with van der Waals surface area (Å²) in [6.07, 6.45) is 0.875. The number of rotatable bonds is 1. The molecular weight excluding hydrogens is 202 g/mol. The number of halogens is 1. The Morgan fingerprint density at radius 2 is 1.67 bits per heavy atom. The molecule has 0 radical (unpaired) electrons. The SMILES string of the molecule is CCCO.[I-].[Na+]. The van der Waals surface area contributed by atoms with Gasteiger partial charge in [-0.1, -0.05) is 6.92 Å². The molecule has 0 aliphatic carbocycles. The summed E-state index contributed by atoms with van der Waals surface area (Å²) in [5, 5.41) is 7.88. The Morgan fingerprint density at radius 1 is 1.50 bits per heavy atom. The van der Waals surface area contributed by atoms with E-state index in [2.05, 4.69) is 0 Å². The first kappa shape index (κ1) is 15.6. The van der Waals surface area contributed by atoms with E-state index in [0.29, 0.717) is 6.61 Å². The molecule has 0 spiro atoms. The third kappa shape index (κ3) is 17.3. The van der Waals surface area contributed by atoms with Gasteiger partial charge in [-0.2, -0.15) is 0 Å². The van der Waals surface area contributed by atoms with Crippen molar-refractivity contribution in [2.24, 2.45) is 0 Å². The molecule has 0 aliphatic heterocycles. The van der Waals surface area contributed by atoms with E-state index in [1.165, 1.54) is 0 Å². The van der Waals surface area contributed by atoms with E-state index in [9.17, 15) is 0 Å². The van der Waals surface area contributed by atoms with E-state index < -0.39 is 0 Å². The van der Waals surface area contributed by atoms with Crippen LogP contribution in [0.5, 0.6) is 0 Å². The van der Waals surface area contributed by atoms with Crippen LogP contribution in [0.3, 0.4) is 0 Å². The van der Waals surface area contributed by atoms with Crippen LogP contribution in [0.25, 0.3) is 0 Å². The Labute approximate surface area is 77.8 Å². The van der Waals surface area contributed by atoms with Crippen LogP contribution >= 0.6 is 0 Å². The van der Waals surface area contributed by atoms with Crippen molar-refractivity contribution in [2.75, 3.05) is 6.61 Å². The fraction of sp³-hybridized carbons (Fsp3) is 1.00. The minimum atomic E-state index is 0. The maximum absolute atomic E-state index is 7.88. The summed E-state index contributed by atoms with van der Waals surface area (Å²) in [4.78, 5) is 0. The van der Waals surface area contributed by atoms with Crippen LogP contribution in [-0.4, -0.2) is 11.7 Å². The van der Waals surface area contributed by atoms with E-state index in [0.717, 1.165) is 6.42 Å². The van der Waals surface area contributed by atoms with Gasteiger partial charge in [0.1, 0.15) is 0 Å². The molecule has 1 N–H and O–H groups in total. The fourth-order valence-electron chi connectivity index (χ4n) is 0. The second-order valence-electron chi connectivity index (χ2n) is 0.724.